The Kier molecular flexibility index (Phi) is 8.38. The van der Waals surface area contributed by atoms with Crippen molar-refractivity contribution in [3.63, 3.8) is 0 Å². The molecule has 4 aliphatic rings. The number of benzene rings is 1. The highest BCUT2D eigenvalue weighted by molar-refractivity contribution is 5.91. The third-order valence-electron chi connectivity index (χ3n) is 11.6. The van der Waals surface area contributed by atoms with Gasteiger partial charge in [-0.05, 0) is 78.9 Å². The second kappa shape index (κ2) is 11.6. The van der Waals surface area contributed by atoms with Crippen LogP contribution in [0.3, 0.4) is 0 Å². The molecule has 0 spiro atoms. The zero-order valence-corrected chi connectivity index (χ0v) is 25.8. The quantitative estimate of drug-likeness (QED) is 0.164. The maximum absolute atomic E-state index is 13.0. The zero-order chi connectivity index (χ0) is 30.4. The zero-order valence-electron chi connectivity index (χ0n) is 25.8. The number of carbonyl (C=O) groups excluding carboxylic acids is 1. The minimum absolute atomic E-state index is 0.0413. The van der Waals surface area contributed by atoms with E-state index in [9.17, 15) is 25.0 Å². The second-order valence-corrected chi connectivity index (χ2v) is 14.4. The fraction of sp³-hybridized carbons (Fsp3) is 0.676. The van der Waals surface area contributed by atoms with Crippen molar-refractivity contribution in [1.29, 1.82) is 0 Å². The Hall–Kier alpha value is -3.03. The smallest absolute Gasteiger partial charge is 0.338 e. The van der Waals surface area contributed by atoms with E-state index in [1.807, 2.05) is 0 Å². The minimum Gasteiger partial charge on any atom is -0.458 e. The van der Waals surface area contributed by atoms with Crippen LogP contribution in [0.4, 0.5) is 11.4 Å². The fourth-order valence-electron chi connectivity index (χ4n) is 9.24. The molecule has 0 amide bonds. The number of hydrogen-bond donors (Lipinski definition) is 0. The molecule has 7 atom stereocenters. The first-order valence-corrected chi connectivity index (χ1v) is 15.9. The molecular weight excluding hydrogens is 532 g/mol. The topological polar surface area (TPSA) is 113 Å². The minimum atomic E-state index is -0.754. The number of hydrogen-bond acceptors (Lipinski definition) is 6. The number of non-ortho nitro benzene ring substituents is 2. The van der Waals surface area contributed by atoms with E-state index >= 15 is 0 Å². The summed E-state index contributed by atoms with van der Waals surface area (Å²) in [5.74, 6) is 2.73. The summed E-state index contributed by atoms with van der Waals surface area (Å²) in [5, 5.41) is 22.5. The maximum Gasteiger partial charge on any atom is 0.338 e. The van der Waals surface area contributed by atoms with Gasteiger partial charge in [0.25, 0.3) is 11.4 Å². The molecular formula is C34H46N2O6. The van der Waals surface area contributed by atoms with E-state index in [2.05, 4.69) is 46.8 Å². The van der Waals surface area contributed by atoms with Crippen LogP contribution in [0, 0.1) is 60.6 Å². The summed E-state index contributed by atoms with van der Waals surface area (Å²) in [6.45, 7) is 12.1. The van der Waals surface area contributed by atoms with Crippen molar-refractivity contribution in [2.24, 2.45) is 40.4 Å². The number of nitro benzene ring substituents is 2. The van der Waals surface area contributed by atoms with Gasteiger partial charge in [0, 0.05) is 18.6 Å². The van der Waals surface area contributed by atoms with Gasteiger partial charge < -0.3 is 4.74 Å². The molecule has 3 fully saturated rings. The Balaban J connectivity index is 1.30. The SMILES string of the molecule is CC(C)CCC[C@H](C)[C@@H]1CC[C@@H]2C3=CC=C4C[C@H](OC(=O)c5cc([N+](=O)[O-])cc([N+](=O)[O-])c5)CC[C@]4(C)[C@@H]3CC[C@]21C. The number of nitrogens with zero attached hydrogens (tertiary/aromatic N) is 2. The van der Waals surface area contributed by atoms with Crippen LogP contribution >= 0.6 is 0 Å². The summed E-state index contributed by atoms with van der Waals surface area (Å²) in [7, 11) is 0. The molecule has 8 nitrogen and oxygen atoms in total. The molecule has 0 bridgehead atoms. The Morgan fingerprint density at radius 2 is 1.62 bits per heavy atom. The third-order valence-corrected chi connectivity index (χ3v) is 11.6. The lowest BCUT2D eigenvalue weighted by Crippen LogP contribution is -2.46. The van der Waals surface area contributed by atoms with Gasteiger partial charge in [-0.15, -0.1) is 0 Å². The van der Waals surface area contributed by atoms with Gasteiger partial charge in [-0.25, -0.2) is 4.79 Å². The Morgan fingerprint density at radius 1 is 0.929 bits per heavy atom. The van der Waals surface area contributed by atoms with Crippen LogP contribution < -0.4 is 0 Å². The van der Waals surface area contributed by atoms with Crippen LogP contribution in [-0.2, 0) is 4.74 Å². The highest BCUT2D eigenvalue weighted by Crippen LogP contribution is 2.66. The van der Waals surface area contributed by atoms with E-state index in [1.54, 1.807) is 5.57 Å². The third kappa shape index (κ3) is 5.53. The second-order valence-electron chi connectivity index (χ2n) is 14.4. The first kappa shape index (κ1) is 30.4. The molecule has 0 radical (unpaired) electrons. The van der Waals surface area contributed by atoms with Crippen LogP contribution in [0.15, 0.2) is 41.5 Å². The van der Waals surface area contributed by atoms with Crippen molar-refractivity contribution in [2.45, 2.75) is 105 Å². The van der Waals surface area contributed by atoms with E-state index in [4.69, 9.17) is 4.74 Å². The molecule has 1 aromatic rings. The Labute approximate surface area is 249 Å². The van der Waals surface area contributed by atoms with Gasteiger partial charge >= 0.3 is 5.97 Å². The van der Waals surface area contributed by atoms with E-state index in [0.717, 1.165) is 42.4 Å². The molecule has 0 unspecified atom stereocenters. The molecule has 3 saturated carbocycles. The number of rotatable bonds is 9. The molecule has 228 valence electrons. The molecule has 42 heavy (non-hydrogen) atoms. The normalized spacial score (nSPS) is 32.6. The molecule has 0 aliphatic heterocycles. The van der Waals surface area contributed by atoms with E-state index in [0.29, 0.717) is 30.1 Å². The molecule has 0 N–H and O–H groups in total. The van der Waals surface area contributed by atoms with Crippen LogP contribution in [0.5, 0.6) is 0 Å². The van der Waals surface area contributed by atoms with Crippen LogP contribution in [-0.4, -0.2) is 21.9 Å². The standard InChI is InChI=1S/C34H46N2O6/c1-21(2)7-6-8-22(3)29-11-12-30-28-10-9-24-19-27(13-15-33(24,4)31(28)14-16-34(29,30)5)42-32(37)23-17-25(35(38)39)20-26(18-23)36(40)41/h9-10,17-18,20-22,27,29-31H,6-8,11-16,19H2,1-5H3/t22-,27+,29-,30+,31+,33-,34-/m0/s1. The van der Waals surface area contributed by atoms with Crippen molar-refractivity contribution in [1.82, 2.24) is 0 Å². The van der Waals surface area contributed by atoms with Gasteiger partial charge in [0.15, 0.2) is 0 Å². The molecule has 0 heterocycles. The van der Waals surface area contributed by atoms with E-state index < -0.39 is 27.2 Å². The first-order chi connectivity index (χ1) is 19.8. The van der Waals surface area contributed by atoms with Gasteiger partial charge in [0.2, 0.25) is 0 Å². The maximum atomic E-state index is 13.0. The highest BCUT2D eigenvalue weighted by Gasteiger charge is 2.57. The average molecular weight is 579 g/mol. The van der Waals surface area contributed by atoms with Crippen molar-refractivity contribution in [3.8, 4) is 0 Å². The summed E-state index contributed by atoms with van der Waals surface area (Å²) in [6.07, 6.45) is 15.6. The lowest BCUT2D eigenvalue weighted by atomic mass is 9.50. The van der Waals surface area contributed by atoms with Crippen molar-refractivity contribution in [3.05, 3.63) is 67.3 Å². The lowest BCUT2D eigenvalue weighted by molar-refractivity contribution is -0.394. The first-order valence-electron chi connectivity index (χ1n) is 15.9. The molecule has 1 aromatic carbocycles. The van der Waals surface area contributed by atoms with Crippen molar-refractivity contribution in [2.75, 3.05) is 0 Å². The number of ether oxygens (including phenoxy) is 1. The van der Waals surface area contributed by atoms with Gasteiger partial charge in [-0.1, -0.05) is 77.2 Å². The number of carbonyl (C=O) groups is 1. The Morgan fingerprint density at radius 3 is 2.26 bits per heavy atom. The highest BCUT2D eigenvalue weighted by atomic mass is 16.6. The molecule has 4 aliphatic carbocycles. The molecule has 0 aromatic heterocycles. The molecule has 5 rings (SSSR count). The largest absolute Gasteiger partial charge is 0.458 e. The number of nitro groups is 2. The van der Waals surface area contributed by atoms with Gasteiger partial charge in [-0.2, -0.15) is 0 Å². The van der Waals surface area contributed by atoms with Gasteiger partial charge in [-0.3, -0.25) is 20.2 Å². The van der Waals surface area contributed by atoms with Gasteiger partial charge in [0.1, 0.15) is 6.10 Å². The van der Waals surface area contributed by atoms with E-state index in [1.165, 1.54) is 50.5 Å². The lowest BCUT2D eigenvalue weighted by Gasteiger charge is -2.55. The van der Waals surface area contributed by atoms with Crippen molar-refractivity contribution < 1.29 is 19.4 Å². The Bertz CT molecular complexity index is 1280. The average Bonchev–Trinajstić information content (AvgIpc) is 3.30. The summed E-state index contributed by atoms with van der Waals surface area (Å²) >= 11 is 0. The summed E-state index contributed by atoms with van der Waals surface area (Å²) in [4.78, 5) is 34.0. The summed E-state index contributed by atoms with van der Waals surface area (Å²) < 4.78 is 5.80. The van der Waals surface area contributed by atoms with Crippen LogP contribution in [0.2, 0.25) is 0 Å². The van der Waals surface area contributed by atoms with Crippen LogP contribution in [0.1, 0.15) is 109 Å². The fourth-order valence-corrected chi connectivity index (χ4v) is 9.24. The van der Waals surface area contributed by atoms with Crippen molar-refractivity contribution >= 4 is 17.3 Å². The number of esters is 1. The predicted octanol–water partition coefficient (Wildman–Crippen LogP) is 8.99. The molecule has 0 saturated heterocycles. The monoisotopic (exact) mass is 578 g/mol. The number of allylic oxidation sites excluding steroid dienone is 3. The van der Waals surface area contributed by atoms with Crippen LogP contribution in [0.25, 0.3) is 0 Å². The van der Waals surface area contributed by atoms with Gasteiger partial charge in [0.05, 0.1) is 21.5 Å². The number of fused-ring (bicyclic) bond motifs is 5. The summed E-state index contributed by atoms with van der Waals surface area (Å²) in [6, 6.07) is 2.96. The predicted molar refractivity (Wildman–Crippen MR) is 162 cm³/mol. The molecule has 8 heteroatoms. The van der Waals surface area contributed by atoms with E-state index in [-0.39, 0.29) is 17.1 Å². The summed E-state index contributed by atoms with van der Waals surface area (Å²) in [5.41, 5.74) is 2.21.